The van der Waals surface area contributed by atoms with E-state index in [2.05, 4.69) is 21.3 Å². The molecule has 91 heavy (non-hydrogen) atoms. The standard InChI is InChI=1S/C65H118N12O13S/c1-25-27-28-41(13)53(78)52-57(82)69-44(26-2)59(84)75(22)49(35-91-30-29-66)62(87)74(21)48(34-65(16,17)90)56(81)70-50(39(9)10)63(88)71(18)45(31-36(3)4)55(80)67-42(14)54(79)68-43(15)58(83)72(19)46(32-37(5)6)60(85)73(20)47(33-38(7)8)61(86)76(23)51(40(11)12)64(89)77(52)24/h25,27,36-53,78,90H,26,28-35,66H2,1-24H3,(H,67,80)(H,68,79)(H,69,82)(H,70,81)/b27-25+/t41-,42+,43-,44+,45+,46+,47+,48+,49-,50+,51+,52+,53-/m1/s1. The van der Waals surface area contributed by atoms with Gasteiger partial charge in [-0.3, -0.25) is 52.7 Å². The van der Waals surface area contributed by atoms with Crippen molar-refractivity contribution in [3.8, 4) is 0 Å². The van der Waals surface area contributed by atoms with Gasteiger partial charge in [0.15, 0.2) is 0 Å². The maximum Gasteiger partial charge on any atom is 0.246 e. The van der Waals surface area contributed by atoms with Crippen LogP contribution in [-0.4, -0.2) is 255 Å². The van der Waals surface area contributed by atoms with Crippen LogP contribution in [0.2, 0.25) is 0 Å². The Morgan fingerprint density at radius 2 is 0.945 bits per heavy atom. The number of rotatable bonds is 19. The van der Waals surface area contributed by atoms with E-state index in [1.54, 1.807) is 60.6 Å². The van der Waals surface area contributed by atoms with Gasteiger partial charge in [-0.05, 0) is 102 Å². The summed E-state index contributed by atoms with van der Waals surface area (Å²) in [5, 5.41) is 34.5. The Bertz CT molecular complexity index is 2490. The van der Waals surface area contributed by atoms with Gasteiger partial charge in [-0.25, -0.2) is 0 Å². The number of amides is 11. The minimum absolute atomic E-state index is 0.0386. The van der Waals surface area contributed by atoms with E-state index in [0.717, 1.165) is 14.7 Å². The highest BCUT2D eigenvalue weighted by Gasteiger charge is 2.47. The zero-order valence-electron chi connectivity index (χ0n) is 59.4. The third-order valence-electron chi connectivity index (χ3n) is 16.9. The summed E-state index contributed by atoms with van der Waals surface area (Å²) in [5.41, 5.74) is 4.31. The molecule has 1 heterocycles. The van der Waals surface area contributed by atoms with E-state index < -0.39 is 161 Å². The Balaban J connectivity index is 4.53. The fourth-order valence-electron chi connectivity index (χ4n) is 11.3. The number of nitrogens with one attached hydrogen (secondary N) is 4. The number of hydrogen-bond acceptors (Lipinski definition) is 15. The Kier molecular flexibility index (Phi) is 34.5. The van der Waals surface area contributed by atoms with E-state index in [4.69, 9.17) is 5.73 Å². The smallest absolute Gasteiger partial charge is 0.246 e. The zero-order valence-corrected chi connectivity index (χ0v) is 60.2. The predicted molar refractivity (Wildman–Crippen MR) is 355 cm³/mol. The van der Waals surface area contributed by atoms with E-state index in [9.17, 15) is 39.0 Å². The van der Waals surface area contributed by atoms with Gasteiger partial charge in [-0.2, -0.15) is 11.8 Å². The highest BCUT2D eigenvalue weighted by Crippen LogP contribution is 2.27. The van der Waals surface area contributed by atoms with Crippen LogP contribution in [0.1, 0.15) is 156 Å². The Morgan fingerprint density at radius 3 is 1.41 bits per heavy atom. The largest absolute Gasteiger partial charge is 0.390 e. The lowest BCUT2D eigenvalue weighted by Crippen LogP contribution is -2.64. The van der Waals surface area contributed by atoms with Gasteiger partial charge in [-0.1, -0.05) is 95.2 Å². The van der Waals surface area contributed by atoms with Crippen LogP contribution in [-0.2, 0) is 52.7 Å². The average Bonchev–Trinajstić information content (AvgIpc) is 0.830. The molecule has 0 aromatic carbocycles. The SMILES string of the molecule is C/C=C/C[C@@H](C)[C@@H](O)[C@H]1C(=O)N[C@@H](CC)C(=O)N(C)[C@H](CSCCN)C(=O)N(C)[C@@H](CC(C)(C)O)C(=O)N[C@@H](C(C)C)C(=O)N(C)[C@@H](CC(C)C)C(=O)N[C@@H](C)C(=O)N[C@H](C)C(=O)N(C)[C@@H](CC(C)C)C(=O)N(C)[C@@H](CC(C)C)C(=O)N(C)[C@@H](C(C)C)C(=O)N1C. The van der Waals surface area contributed by atoms with Crippen LogP contribution in [0.5, 0.6) is 0 Å². The van der Waals surface area contributed by atoms with Gasteiger partial charge in [0.25, 0.3) is 0 Å². The summed E-state index contributed by atoms with van der Waals surface area (Å²) < 4.78 is 0. The molecule has 25 nitrogen and oxygen atoms in total. The molecule has 0 unspecified atom stereocenters. The summed E-state index contributed by atoms with van der Waals surface area (Å²) in [6.07, 6.45) is 2.30. The third kappa shape index (κ3) is 23.9. The summed E-state index contributed by atoms with van der Waals surface area (Å²) in [5.74, 6) is -10.1. The van der Waals surface area contributed by atoms with Crippen molar-refractivity contribution in [3.05, 3.63) is 12.2 Å². The summed E-state index contributed by atoms with van der Waals surface area (Å²) >= 11 is 1.25. The van der Waals surface area contributed by atoms with Gasteiger partial charge in [0.2, 0.25) is 65.0 Å². The van der Waals surface area contributed by atoms with Gasteiger partial charge in [0, 0.05) is 73.8 Å². The highest BCUT2D eigenvalue weighted by molar-refractivity contribution is 7.99. The Labute approximate surface area is 548 Å². The van der Waals surface area contributed by atoms with Crippen molar-refractivity contribution in [2.45, 2.75) is 234 Å². The van der Waals surface area contributed by atoms with Crippen molar-refractivity contribution in [2.24, 2.45) is 41.2 Å². The molecular weight excluding hydrogens is 1190 g/mol. The minimum Gasteiger partial charge on any atom is -0.390 e. The fraction of sp³-hybridized carbons (Fsp3) is 0.800. The van der Waals surface area contributed by atoms with Crippen LogP contribution in [0.3, 0.4) is 0 Å². The quantitative estimate of drug-likeness (QED) is 0.0722. The van der Waals surface area contributed by atoms with E-state index in [1.165, 1.54) is 108 Å². The zero-order chi connectivity index (χ0) is 70.6. The average molecular weight is 1310 g/mol. The second kappa shape index (κ2) is 37.7. The first-order valence-electron chi connectivity index (χ1n) is 32.3. The van der Waals surface area contributed by atoms with Gasteiger partial charge >= 0.3 is 0 Å². The van der Waals surface area contributed by atoms with E-state index in [0.29, 0.717) is 5.75 Å². The van der Waals surface area contributed by atoms with Crippen molar-refractivity contribution < 1.29 is 63.0 Å². The molecule has 26 heteroatoms. The molecular formula is C65H118N12O13S. The maximum atomic E-state index is 15.3. The number of aliphatic hydroxyl groups is 2. The topological polar surface area (TPSA) is 325 Å². The number of thioether (sulfide) groups is 1. The molecule has 1 fully saturated rings. The Morgan fingerprint density at radius 1 is 0.516 bits per heavy atom. The monoisotopic (exact) mass is 1310 g/mol. The molecule has 13 atom stereocenters. The van der Waals surface area contributed by atoms with Crippen LogP contribution < -0.4 is 27.0 Å². The minimum atomic E-state index is -1.66. The third-order valence-corrected chi connectivity index (χ3v) is 18.0. The molecule has 0 spiro atoms. The second-order valence-corrected chi connectivity index (χ2v) is 28.7. The van der Waals surface area contributed by atoms with Crippen LogP contribution in [0.25, 0.3) is 0 Å². The number of nitrogens with zero attached hydrogens (tertiary/aromatic N) is 7. The number of likely N-dealkylation sites (N-methyl/N-ethyl adjacent to an activating group) is 7. The molecule has 1 saturated heterocycles. The number of allylic oxidation sites excluding steroid dienone is 2. The van der Waals surface area contributed by atoms with Crippen molar-refractivity contribution in [3.63, 3.8) is 0 Å². The molecule has 1 aliphatic rings. The molecule has 0 bridgehead atoms. The lowest BCUT2D eigenvalue weighted by Gasteiger charge is -2.41. The number of aliphatic hydroxyl groups excluding tert-OH is 1. The summed E-state index contributed by atoms with van der Waals surface area (Å²) in [4.78, 5) is 171. The molecule has 0 radical (unpaired) electrons. The van der Waals surface area contributed by atoms with Crippen LogP contribution >= 0.6 is 11.8 Å². The van der Waals surface area contributed by atoms with Gasteiger partial charge in [0.1, 0.15) is 66.5 Å². The van der Waals surface area contributed by atoms with E-state index in [-0.39, 0.29) is 68.6 Å². The van der Waals surface area contributed by atoms with Crippen molar-refractivity contribution in [1.82, 2.24) is 55.6 Å². The van der Waals surface area contributed by atoms with Gasteiger partial charge < -0.3 is 71.5 Å². The van der Waals surface area contributed by atoms with E-state index >= 15 is 24.0 Å². The molecule has 0 aliphatic carbocycles. The Hall–Kier alpha value is -5.86. The maximum absolute atomic E-state index is 15.3. The van der Waals surface area contributed by atoms with Crippen molar-refractivity contribution >= 4 is 76.7 Å². The predicted octanol–water partition coefficient (Wildman–Crippen LogP) is 2.44. The van der Waals surface area contributed by atoms with Crippen LogP contribution in [0.4, 0.5) is 0 Å². The molecule has 1 aliphatic heterocycles. The normalized spacial score (nSPS) is 26.9. The number of carbonyl (C=O) groups is 11. The highest BCUT2D eigenvalue weighted by atomic mass is 32.2. The van der Waals surface area contributed by atoms with Gasteiger partial charge in [-0.15, -0.1) is 0 Å². The van der Waals surface area contributed by atoms with Gasteiger partial charge in [0.05, 0.1) is 11.7 Å². The summed E-state index contributed by atoms with van der Waals surface area (Å²) in [6.45, 7) is 29.0. The number of nitrogens with two attached hydrogens (primary N) is 1. The first-order valence-corrected chi connectivity index (χ1v) is 33.5. The molecule has 8 N–H and O–H groups in total. The van der Waals surface area contributed by atoms with Crippen molar-refractivity contribution in [1.29, 1.82) is 0 Å². The van der Waals surface area contributed by atoms with Crippen molar-refractivity contribution in [2.75, 3.05) is 67.4 Å². The number of carbonyl (C=O) groups excluding carboxylic acids is 11. The molecule has 522 valence electrons. The second-order valence-electron chi connectivity index (χ2n) is 27.6. The summed E-state index contributed by atoms with van der Waals surface area (Å²) in [6, 6.07) is -14.5. The van der Waals surface area contributed by atoms with E-state index in [1.807, 2.05) is 41.5 Å². The lowest BCUT2D eigenvalue weighted by molar-refractivity contribution is -0.157. The number of hydrogen-bond donors (Lipinski definition) is 7. The molecule has 0 saturated carbocycles. The lowest BCUT2D eigenvalue weighted by atomic mass is 9.91. The first kappa shape index (κ1) is 83.2. The molecule has 0 aromatic heterocycles. The molecule has 1 rings (SSSR count). The van der Waals surface area contributed by atoms with Crippen LogP contribution in [0.15, 0.2) is 12.2 Å². The summed E-state index contributed by atoms with van der Waals surface area (Å²) in [7, 11) is 9.76. The molecule has 11 amide bonds. The van der Waals surface area contributed by atoms with Crippen LogP contribution in [0, 0.1) is 35.5 Å². The molecule has 0 aromatic rings. The fourth-order valence-corrected chi connectivity index (χ4v) is 12.2. The first-order chi connectivity index (χ1) is 42.0.